The van der Waals surface area contributed by atoms with Crippen molar-refractivity contribution < 1.29 is 15.1 Å². The number of hydrazone groups is 1. The lowest BCUT2D eigenvalue weighted by atomic mass is 10.2. The lowest BCUT2D eigenvalue weighted by Gasteiger charge is -2.01. The Morgan fingerprint density at radius 1 is 1.29 bits per heavy atom. The number of aryl methyl sites for hydroxylation is 1. The van der Waals surface area contributed by atoms with E-state index in [0.29, 0.717) is 5.95 Å². The molecular formula is C15H13N5O4. The van der Waals surface area contributed by atoms with Crippen molar-refractivity contribution in [1.82, 2.24) is 9.97 Å². The number of anilines is 1. The van der Waals surface area contributed by atoms with Crippen LogP contribution in [0, 0.1) is 17.0 Å². The molecule has 0 spiro atoms. The van der Waals surface area contributed by atoms with E-state index in [-0.39, 0.29) is 11.3 Å². The Bertz CT molecular complexity index is 964. The maximum atomic E-state index is 10.8. The number of rotatable bonds is 4. The van der Waals surface area contributed by atoms with Gasteiger partial charge >= 0.3 is 5.69 Å². The van der Waals surface area contributed by atoms with Crippen molar-refractivity contribution in [2.24, 2.45) is 5.10 Å². The number of aromatic hydroxyl groups is 2. The van der Waals surface area contributed by atoms with Crippen LogP contribution in [0.1, 0.15) is 11.1 Å². The van der Waals surface area contributed by atoms with Crippen LogP contribution in [-0.4, -0.2) is 31.3 Å². The van der Waals surface area contributed by atoms with Gasteiger partial charge in [0.1, 0.15) is 5.75 Å². The minimum absolute atomic E-state index is 0.0824. The molecule has 24 heavy (non-hydrogen) atoms. The molecule has 0 aliphatic carbocycles. The molecule has 9 nitrogen and oxygen atoms in total. The topological polar surface area (TPSA) is 137 Å². The summed E-state index contributed by atoms with van der Waals surface area (Å²) in [5, 5.41) is 33.8. The number of aromatic nitrogens is 2. The first kappa shape index (κ1) is 15.3. The first-order valence-corrected chi connectivity index (χ1v) is 6.90. The van der Waals surface area contributed by atoms with Crippen LogP contribution in [-0.2, 0) is 0 Å². The van der Waals surface area contributed by atoms with E-state index in [0.717, 1.165) is 28.7 Å². The number of nitro benzene ring substituents is 1. The van der Waals surface area contributed by atoms with Crippen molar-refractivity contribution in [3.8, 4) is 11.5 Å². The van der Waals surface area contributed by atoms with Gasteiger partial charge in [0.15, 0.2) is 5.75 Å². The van der Waals surface area contributed by atoms with Crippen molar-refractivity contribution in [3.05, 3.63) is 51.6 Å². The van der Waals surface area contributed by atoms with Gasteiger partial charge < -0.3 is 15.2 Å². The average Bonchev–Trinajstić information content (AvgIpc) is 2.90. The second-order valence-electron chi connectivity index (χ2n) is 5.13. The number of phenolic OH excluding ortho intramolecular Hbond substituents is 2. The van der Waals surface area contributed by atoms with Gasteiger partial charge in [-0.3, -0.25) is 10.1 Å². The zero-order valence-electron chi connectivity index (χ0n) is 12.5. The second-order valence-corrected chi connectivity index (χ2v) is 5.13. The molecule has 0 aliphatic rings. The number of fused-ring (bicyclic) bond motifs is 1. The van der Waals surface area contributed by atoms with Crippen LogP contribution < -0.4 is 5.43 Å². The van der Waals surface area contributed by atoms with Crippen LogP contribution >= 0.6 is 0 Å². The molecular weight excluding hydrogens is 314 g/mol. The molecule has 0 aliphatic heterocycles. The molecule has 1 aromatic heterocycles. The predicted octanol–water partition coefficient (Wildman–Crippen LogP) is 2.64. The van der Waals surface area contributed by atoms with Gasteiger partial charge in [0.25, 0.3) is 0 Å². The molecule has 1 heterocycles. The van der Waals surface area contributed by atoms with Gasteiger partial charge in [-0.15, -0.1) is 0 Å². The standard InChI is InChI=1S/C15H13N5O4/c1-8-2-3-10-11(4-8)18-15(17-10)19-16-7-9-5-12(20(23)24)14(22)6-13(9)21/h2-7,21-22H,1H3,(H2,17,18,19)/b16-7-. The summed E-state index contributed by atoms with van der Waals surface area (Å²) in [6, 6.07) is 7.66. The van der Waals surface area contributed by atoms with E-state index in [1.54, 1.807) is 0 Å². The maximum absolute atomic E-state index is 10.8. The zero-order chi connectivity index (χ0) is 17.3. The van der Waals surface area contributed by atoms with E-state index in [2.05, 4.69) is 20.5 Å². The summed E-state index contributed by atoms with van der Waals surface area (Å²) in [6.07, 6.45) is 1.19. The summed E-state index contributed by atoms with van der Waals surface area (Å²) >= 11 is 0. The third-order valence-corrected chi connectivity index (χ3v) is 3.33. The molecule has 0 saturated heterocycles. The van der Waals surface area contributed by atoms with Gasteiger partial charge in [-0.1, -0.05) is 6.07 Å². The minimum atomic E-state index is -0.749. The molecule has 0 unspecified atom stereocenters. The molecule has 2 aromatic carbocycles. The van der Waals surface area contributed by atoms with Gasteiger partial charge in [0.2, 0.25) is 5.95 Å². The average molecular weight is 327 g/mol. The van der Waals surface area contributed by atoms with Crippen molar-refractivity contribution in [2.75, 3.05) is 5.43 Å². The van der Waals surface area contributed by atoms with Gasteiger partial charge in [-0.25, -0.2) is 10.4 Å². The van der Waals surface area contributed by atoms with Gasteiger partial charge in [-0.2, -0.15) is 5.10 Å². The van der Waals surface area contributed by atoms with Crippen molar-refractivity contribution >= 4 is 28.9 Å². The summed E-state index contributed by atoms with van der Waals surface area (Å²) in [6.45, 7) is 1.96. The fourth-order valence-electron chi connectivity index (χ4n) is 2.17. The number of nitrogens with zero attached hydrogens (tertiary/aromatic N) is 3. The summed E-state index contributed by atoms with van der Waals surface area (Å²) in [4.78, 5) is 17.4. The van der Waals surface area contributed by atoms with Crippen LogP contribution in [0.5, 0.6) is 11.5 Å². The number of nitrogens with one attached hydrogen (secondary N) is 2. The lowest BCUT2D eigenvalue weighted by molar-refractivity contribution is -0.385. The fourth-order valence-corrected chi connectivity index (χ4v) is 2.17. The Morgan fingerprint density at radius 3 is 2.83 bits per heavy atom. The van der Waals surface area contributed by atoms with Crippen LogP contribution in [0.4, 0.5) is 11.6 Å². The van der Waals surface area contributed by atoms with Crippen molar-refractivity contribution in [3.63, 3.8) is 0 Å². The molecule has 0 amide bonds. The molecule has 122 valence electrons. The SMILES string of the molecule is Cc1ccc2nc(N/N=C\c3cc([N+](=O)[O-])c(O)cc3O)[nH]c2c1. The number of imidazole rings is 1. The number of nitro groups is 1. The van der Waals surface area contributed by atoms with Crippen LogP contribution in [0.25, 0.3) is 11.0 Å². The van der Waals surface area contributed by atoms with Gasteiger partial charge in [0.05, 0.1) is 22.2 Å². The molecule has 4 N–H and O–H groups in total. The molecule has 0 radical (unpaired) electrons. The van der Waals surface area contributed by atoms with Crippen molar-refractivity contribution in [1.29, 1.82) is 0 Å². The largest absolute Gasteiger partial charge is 0.507 e. The Labute approximate surface area is 135 Å². The monoisotopic (exact) mass is 327 g/mol. The van der Waals surface area contributed by atoms with Crippen LogP contribution in [0.2, 0.25) is 0 Å². The Kier molecular flexibility index (Phi) is 3.74. The van der Waals surface area contributed by atoms with E-state index in [1.165, 1.54) is 6.21 Å². The predicted molar refractivity (Wildman–Crippen MR) is 88.5 cm³/mol. The van der Waals surface area contributed by atoms with Crippen LogP contribution in [0.3, 0.4) is 0 Å². The smallest absolute Gasteiger partial charge is 0.311 e. The zero-order valence-corrected chi connectivity index (χ0v) is 12.5. The van der Waals surface area contributed by atoms with Gasteiger partial charge in [0, 0.05) is 17.7 Å². The number of hydrogen-bond acceptors (Lipinski definition) is 7. The molecule has 0 fully saturated rings. The highest BCUT2D eigenvalue weighted by atomic mass is 16.6. The van der Waals surface area contributed by atoms with Crippen molar-refractivity contribution in [2.45, 2.75) is 6.92 Å². The summed E-state index contributed by atoms with van der Waals surface area (Å²) in [5.74, 6) is -0.557. The maximum Gasteiger partial charge on any atom is 0.311 e. The Balaban J connectivity index is 1.82. The number of H-pyrrole nitrogens is 1. The number of phenols is 2. The Morgan fingerprint density at radius 2 is 2.08 bits per heavy atom. The molecule has 3 rings (SSSR count). The molecule has 9 heteroatoms. The summed E-state index contributed by atoms with van der Waals surface area (Å²) in [5.41, 5.74) is 4.91. The number of hydrogen-bond donors (Lipinski definition) is 4. The highest BCUT2D eigenvalue weighted by molar-refractivity contribution is 5.86. The molecule has 0 atom stereocenters. The third kappa shape index (κ3) is 2.95. The van der Waals surface area contributed by atoms with Gasteiger partial charge in [-0.05, 0) is 24.6 Å². The third-order valence-electron chi connectivity index (χ3n) is 3.33. The second kappa shape index (κ2) is 5.88. The Hall–Kier alpha value is -3.62. The lowest BCUT2D eigenvalue weighted by Crippen LogP contribution is -1.95. The normalized spacial score (nSPS) is 11.2. The first-order valence-electron chi connectivity index (χ1n) is 6.90. The van der Waals surface area contributed by atoms with Crippen LogP contribution in [0.15, 0.2) is 35.4 Å². The molecule has 0 saturated carbocycles. The van der Waals surface area contributed by atoms with E-state index in [9.17, 15) is 20.3 Å². The highest BCUT2D eigenvalue weighted by Crippen LogP contribution is 2.32. The minimum Gasteiger partial charge on any atom is -0.507 e. The van der Waals surface area contributed by atoms with E-state index >= 15 is 0 Å². The highest BCUT2D eigenvalue weighted by Gasteiger charge is 2.16. The summed E-state index contributed by atoms with van der Waals surface area (Å²) in [7, 11) is 0. The van der Waals surface area contributed by atoms with E-state index < -0.39 is 16.4 Å². The first-order chi connectivity index (χ1) is 11.4. The van der Waals surface area contributed by atoms with E-state index in [4.69, 9.17) is 0 Å². The molecule has 3 aromatic rings. The number of aromatic amines is 1. The molecule has 0 bridgehead atoms. The fraction of sp³-hybridized carbons (Fsp3) is 0.0667. The number of benzene rings is 2. The van der Waals surface area contributed by atoms with E-state index in [1.807, 2.05) is 25.1 Å². The quantitative estimate of drug-likeness (QED) is 0.330. The summed E-state index contributed by atoms with van der Waals surface area (Å²) < 4.78 is 0.